The van der Waals surface area contributed by atoms with Crippen LogP contribution in [0.4, 0.5) is 8.78 Å². The van der Waals surface area contributed by atoms with Crippen LogP contribution in [0.1, 0.15) is 68.2 Å². The third kappa shape index (κ3) is 5.48. The Morgan fingerprint density at radius 2 is 1.59 bits per heavy atom. The Kier molecular flexibility index (Phi) is 10.7. The number of hydrogen-bond donors (Lipinski definition) is 0. The minimum absolute atomic E-state index is 0.0155. The van der Waals surface area contributed by atoms with Crippen LogP contribution in [0.15, 0.2) is 23.8 Å². The van der Waals surface area contributed by atoms with E-state index in [9.17, 15) is 18.4 Å². The highest BCUT2D eigenvalue weighted by Crippen LogP contribution is 2.61. The van der Waals surface area contributed by atoms with Gasteiger partial charge < -0.3 is 28.5 Å². The fourth-order valence-corrected chi connectivity index (χ4v) is 6.64. The Bertz CT molecular complexity index is 1030. The van der Waals surface area contributed by atoms with Gasteiger partial charge in [-0.3, -0.25) is 9.59 Å². The number of alkyl halides is 1. The van der Waals surface area contributed by atoms with Gasteiger partial charge in [0.1, 0.15) is 18.3 Å². The van der Waals surface area contributed by atoms with Crippen molar-refractivity contribution in [2.75, 3.05) is 6.38 Å². The van der Waals surface area contributed by atoms with Crippen LogP contribution in [-0.2, 0) is 33.3 Å². The van der Waals surface area contributed by atoms with E-state index in [0.717, 1.165) is 12.0 Å². The molecule has 2 bridgehead atoms. The Morgan fingerprint density at radius 3 is 2.03 bits per heavy atom. The summed E-state index contributed by atoms with van der Waals surface area (Å²) in [5.74, 6) is -2.24. The molecule has 0 amide bonds. The molecule has 8 nitrogen and oxygen atoms in total. The monoisotopic (exact) mass is 575 g/mol. The molecule has 2 saturated heterocycles. The van der Waals surface area contributed by atoms with Gasteiger partial charge in [0.2, 0.25) is 0 Å². The fraction of sp³-hybridized carbons (Fsp3) is 0.750. The molecule has 39 heavy (non-hydrogen) atoms. The Balaban J connectivity index is 0.000000259. The second-order valence-corrected chi connectivity index (χ2v) is 10.5. The molecule has 2 aliphatic carbocycles. The highest BCUT2D eigenvalue weighted by Gasteiger charge is 2.71. The molecule has 11 heteroatoms. The first-order valence-electron chi connectivity index (χ1n) is 13.0. The van der Waals surface area contributed by atoms with Crippen LogP contribution in [0, 0.1) is 17.9 Å². The maximum atomic E-state index is 13.3. The molecule has 0 radical (unpaired) electrons. The number of ether oxygens (including phenoxy) is 5. The van der Waals surface area contributed by atoms with Crippen LogP contribution in [0.5, 0.6) is 0 Å². The second kappa shape index (κ2) is 12.6. The molecule has 0 unspecified atom stereocenters. The van der Waals surface area contributed by atoms with Gasteiger partial charge in [-0.05, 0) is 27.2 Å². The summed E-state index contributed by atoms with van der Waals surface area (Å²) < 4.78 is 54.5. The average molecular weight is 576 g/mol. The first-order chi connectivity index (χ1) is 18.3. The van der Waals surface area contributed by atoms with Gasteiger partial charge in [-0.15, -0.1) is 11.6 Å². The Morgan fingerprint density at radius 1 is 1.03 bits per heavy atom. The van der Waals surface area contributed by atoms with E-state index in [0.29, 0.717) is 19.1 Å². The average Bonchev–Trinajstić information content (AvgIpc) is 3.51. The van der Waals surface area contributed by atoms with Crippen molar-refractivity contribution in [1.82, 2.24) is 0 Å². The molecule has 2 heterocycles. The van der Waals surface area contributed by atoms with Crippen molar-refractivity contribution in [3.8, 4) is 0 Å². The largest absolute Gasteiger partial charge is 0.458 e. The quantitative estimate of drug-likeness (QED) is 0.237. The van der Waals surface area contributed by atoms with Crippen LogP contribution in [-0.4, -0.2) is 66.3 Å². The summed E-state index contributed by atoms with van der Waals surface area (Å²) in [6.45, 7) is 21.1. The van der Waals surface area contributed by atoms with Crippen molar-refractivity contribution in [2.45, 2.75) is 116 Å². The van der Waals surface area contributed by atoms with E-state index >= 15 is 0 Å². The van der Waals surface area contributed by atoms with Gasteiger partial charge in [-0.1, -0.05) is 20.8 Å². The van der Waals surface area contributed by atoms with Gasteiger partial charge in [0.15, 0.2) is 18.0 Å². The predicted molar refractivity (Wildman–Crippen MR) is 141 cm³/mol. The van der Waals surface area contributed by atoms with Crippen LogP contribution in [0.3, 0.4) is 0 Å². The van der Waals surface area contributed by atoms with Crippen molar-refractivity contribution < 1.29 is 42.1 Å². The molecular formula is C28H40ClF2NO7. The number of carbonyl (C=O) groups excluding carboxylic acids is 2. The Labute approximate surface area is 234 Å². The second-order valence-electron chi connectivity index (χ2n) is 10.5. The number of fused-ring (bicyclic) bond motifs is 5. The molecule has 9 atom stereocenters. The normalized spacial score (nSPS) is 41.2. The van der Waals surface area contributed by atoms with Gasteiger partial charge in [0, 0.05) is 32.2 Å². The zero-order valence-electron chi connectivity index (χ0n) is 24.0. The molecule has 220 valence electrons. The lowest BCUT2D eigenvalue weighted by molar-refractivity contribution is -0.162. The zero-order chi connectivity index (χ0) is 29.9. The van der Waals surface area contributed by atoms with Gasteiger partial charge in [-0.25, -0.2) is 15.4 Å². The van der Waals surface area contributed by atoms with Crippen molar-refractivity contribution >= 4 is 23.5 Å². The number of halogens is 3. The SMILES string of the molecule is CC[C@]12/C(=C/F)[C@H](O[C@@H]1C)[C@@H]1OC(C)(C)O[C@@H]12.CCl.[C-]#[N+][C@]1(CC)/C(=C/F)[C@H](OC(C)=O)[C@H](OC(C)=O)[C@@H]1C. The smallest absolute Gasteiger partial charge is 0.303 e. The number of nitrogens with zero attached hydrogens (tertiary/aromatic N) is 1. The highest BCUT2D eigenvalue weighted by atomic mass is 35.5. The minimum atomic E-state index is -1.16. The minimum Gasteiger partial charge on any atom is -0.458 e. The van der Waals surface area contributed by atoms with Gasteiger partial charge >= 0.3 is 11.9 Å². The van der Waals surface area contributed by atoms with E-state index in [1.165, 1.54) is 20.2 Å². The lowest BCUT2D eigenvalue weighted by Crippen LogP contribution is -2.47. The molecule has 0 aromatic heterocycles. The maximum Gasteiger partial charge on any atom is 0.303 e. The summed E-state index contributed by atoms with van der Waals surface area (Å²) in [5, 5.41) is 0. The number of esters is 2. The molecule has 4 fully saturated rings. The molecule has 4 aliphatic rings. The standard InChI is InChI=1S/C14H18FNO4.C13H19FO3.CH3Cl/c1-6-14(16-5)8(2)12(19-9(3)17)13(11(14)7-15)20-10(4)18;1-5-13-7(2)15-9(8(13)6-14)10-11(13)17-12(3,4)16-10;1-2/h7-8,12-13H,6H2,1-4H3;6-7,9-11H,5H2,1-4H3;1H3/b11-7+;8-6+;/t8-,12+,13-,14-;7-,9+,10+,11+,13-;/m01./s1. The molecule has 0 aromatic rings. The third-order valence-electron chi connectivity index (χ3n) is 8.36. The molecule has 0 aromatic carbocycles. The summed E-state index contributed by atoms with van der Waals surface area (Å²) in [4.78, 5) is 25.9. The molecule has 2 aliphatic heterocycles. The van der Waals surface area contributed by atoms with Gasteiger partial charge in [-0.2, -0.15) is 0 Å². The summed E-state index contributed by atoms with van der Waals surface area (Å²) >= 11 is 4.64. The molecule has 2 saturated carbocycles. The van der Waals surface area contributed by atoms with Crippen molar-refractivity contribution in [3.63, 3.8) is 0 Å². The first kappa shape index (κ1) is 33.1. The predicted octanol–water partition coefficient (Wildman–Crippen LogP) is 5.83. The van der Waals surface area contributed by atoms with Crippen molar-refractivity contribution in [3.05, 3.63) is 35.2 Å². The van der Waals surface area contributed by atoms with Gasteiger partial charge in [0.05, 0.1) is 35.7 Å². The van der Waals surface area contributed by atoms with Crippen LogP contribution in [0.25, 0.3) is 4.85 Å². The van der Waals surface area contributed by atoms with Crippen molar-refractivity contribution in [1.29, 1.82) is 0 Å². The third-order valence-corrected chi connectivity index (χ3v) is 8.36. The van der Waals surface area contributed by atoms with E-state index in [1.807, 2.05) is 20.8 Å². The summed E-state index contributed by atoms with van der Waals surface area (Å²) in [6.07, 6.45) is 1.17. The highest BCUT2D eigenvalue weighted by molar-refractivity contribution is 6.15. The zero-order valence-corrected chi connectivity index (χ0v) is 24.8. The van der Waals surface area contributed by atoms with Crippen molar-refractivity contribution in [2.24, 2.45) is 11.3 Å². The van der Waals surface area contributed by atoms with E-state index in [2.05, 4.69) is 23.4 Å². The van der Waals surface area contributed by atoms with Gasteiger partial charge in [0.25, 0.3) is 5.54 Å². The van der Waals surface area contributed by atoms with Crippen LogP contribution in [0.2, 0.25) is 0 Å². The first-order valence-corrected chi connectivity index (χ1v) is 13.8. The van der Waals surface area contributed by atoms with E-state index in [4.69, 9.17) is 30.3 Å². The van der Waals surface area contributed by atoms with E-state index in [-0.39, 0.29) is 35.4 Å². The summed E-state index contributed by atoms with van der Waals surface area (Å²) in [7, 11) is 0. The number of rotatable bonds is 4. The summed E-state index contributed by atoms with van der Waals surface area (Å²) in [5.41, 5.74) is -0.728. The Hall–Kier alpha value is -2.06. The summed E-state index contributed by atoms with van der Waals surface area (Å²) in [6, 6.07) is 0. The van der Waals surface area contributed by atoms with E-state index in [1.54, 1.807) is 13.8 Å². The molecule has 4 rings (SSSR count). The fourth-order valence-electron chi connectivity index (χ4n) is 6.64. The lowest BCUT2D eigenvalue weighted by Gasteiger charge is -2.37. The van der Waals surface area contributed by atoms with Crippen LogP contribution >= 0.6 is 11.6 Å². The topological polar surface area (TPSA) is 84.7 Å². The van der Waals surface area contributed by atoms with E-state index < -0.39 is 41.4 Å². The maximum absolute atomic E-state index is 13.3. The lowest BCUT2D eigenvalue weighted by atomic mass is 9.75. The number of hydrogen-bond acceptors (Lipinski definition) is 7. The molecule has 0 spiro atoms. The molecule has 0 N–H and O–H groups in total. The van der Waals surface area contributed by atoms with Crippen LogP contribution < -0.4 is 0 Å². The molecular weight excluding hydrogens is 536 g/mol. The number of carbonyl (C=O) groups is 2.